The average molecular weight is 464 g/mol. The van der Waals surface area contributed by atoms with Gasteiger partial charge in [0.05, 0.1) is 0 Å². The summed E-state index contributed by atoms with van der Waals surface area (Å²) >= 11 is 0.617. The van der Waals surface area contributed by atoms with E-state index in [2.05, 4.69) is 30.6 Å². The van der Waals surface area contributed by atoms with Crippen LogP contribution in [-0.4, -0.2) is 31.9 Å². The number of anilines is 3. The Hall–Kier alpha value is -3.03. The molecular weight excluding hydrogens is 453 g/mol. The van der Waals surface area contributed by atoms with Gasteiger partial charge in [0.2, 0.25) is 11.9 Å². The number of alkyl halides is 5. The van der Waals surface area contributed by atoms with Crippen LogP contribution in [0.1, 0.15) is 18.5 Å². The zero-order valence-corrected chi connectivity index (χ0v) is 16.0. The molecule has 1 saturated carbocycles. The Bertz CT molecular complexity index is 1090. The third kappa shape index (κ3) is 5.00. The lowest BCUT2D eigenvalue weighted by Crippen LogP contribution is -2.44. The van der Waals surface area contributed by atoms with E-state index in [-0.39, 0.29) is 28.4 Å². The Morgan fingerprint density at radius 2 is 1.58 bits per heavy atom. The monoisotopic (exact) mass is 464 g/mol. The second-order valence-electron chi connectivity index (χ2n) is 6.73. The molecule has 1 aliphatic carbocycles. The quantitative estimate of drug-likeness (QED) is 0.503. The first-order chi connectivity index (χ1) is 14.5. The van der Waals surface area contributed by atoms with Gasteiger partial charge in [0, 0.05) is 36.0 Å². The lowest BCUT2D eigenvalue weighted by Gasteiger charge is -2.35. The number of nitrogens with zero attached hydrogens (tertiary/aromatic N) is 4. The first-order valence-corrected chi connectivity index (χ1v) is 9.51. The summed E-state index contributed by atoms with van der Waals surface area (Å²) in [5.41, 5.74) is -1.23. The molecule has 14 heteroatoms. The van der Waals surface area contributed by atoms with Crippen LogP contribution in [0.2, 0.25) is 0 Å². The van der Waals surface area contributed by atoms with Crippen molar-refractivity contribution in [3.8, 4) is 10.8 Å². The minimum Gasteiger partial charge on any atom is -0.351 e. The van der Waals surface area contributed by atoms with Gasteiger partial charge in [0.25, 0.3) is 5.92 Å². The molecule has 1 aromatic carbocycles. The predicted octanol–water partition coefficient (Wildman–Crippen LogP) is 5.25. The van der Waals surface area contributed by atoms with E-state index in [9.17, 15) is 30.7 Å². The van der Waals surface area contributed by atoms with Crippen LogP contribution >= 0.6 is 11.3 Å². The summed E-state index contributed by atoms with van der Waals surface area (Å²) in [4.78, 5) is 15.3. The van der Waals surface area contributed by atoms with Crippen LogP contribution in [-0.2, 0) is 6.18 Å². The van der Waals surface area contributed by atoms with Gasteiger partial charge in [-0.2, -0.15) is 28.1 Å². The molecular formula is C17H11F7N6S. The van der Waals surface area contributed by atoms with Crippen molar-refractivity contribution in [1.29, 1.82) is 0 Å². The molecule has 0 spiro atoms. The highest BCUT2D eigenvalue weighted by Gasteiger charge is 2.45. The van der Waals surface area contributed by atoms with Crippen molar-refractivity contribution in [3.05, 3.63) is 40.9 Å². The summed E-state index contributed by atoms with van der Waals surface area (Å²) in [6.45, 7) is 0. The van der Waals surface area contributed by atoms with E-state index in [0.717, 1.165) is 17.5 Å². The van der Waals surface area contributed by atoms with Gasteiger partial charge in [-0.15, -0.1) is 11.3 Å². The van der Waals surface area contributed by atoms with Crippen molar-refractivity contribution in [2.45, 2.75) is 31.0 Å². The summed E-state index contributed by atoms with van der Waals surface area (Å²) in [5.74, 6) is -5.35. The molecule has 3 aromatic rings. The highest BCUT2D eigenvalue weighted by Crippen LogP contribution is 2.39. The fraction of sp³-hybridized carbons (Fsp3) is 0.294. The van der Waals surface area contributed by atoms with Gasteiger partial charge < -0.3 is 10.6 Å². The number of aromatic nitrogens is 4. The lowest BCUT2D eigenvalue weighted by atomic mass is 9.88. The zero-order valence-electron chi connectivity index (χ0n) is 15.1. The predicted molar refractivity (Wildman–Crippen MR) is 97.2 cm³/mol. The molecule has 6 nitrogen and oxygen atoms in total. The molecule has 2 aromatic heterocycles. The second-order valence-corrected chi connectivity index (χ2v) is 7.59. The number of benzene rings is 1. The highest BCUT2D eigenvalue weighted by molar-refractivity contribution is 7.13. The number of rotatable bonds is 5. The van der Waals surface area contributed by atoms with E-state index in [1.165, 1.54) is 0 Å². The maximum absolute atomic E-state index is 13.4. The summed E-state index contributed by atoms with van der Waals surface area (Å²) in [6, 6.07) is 1.86. The second kappa shape index (κ2) is 7.59. The molecule has 0 amide bonds. The number of hydrogen-bond donors (Lipinski definition) is 2. The van der Waals surface area contributed by atoms with Gasteiger partial charge in [-0.1, -0.05) is 0 Å². The van der Waals surface area contributed by atoms with Crippen molar-refractivity contribution >= 4 is 28.9 Å². The Balaban J connectivity index is 1.67. The number of nitrogens with one attached hydrogen (secondary N) is 2. The van der Waals surface area contributed by atoms with Crippen LogP contribution in [0, 0.1) is 11.6 Å². The fourth-order valence-electron chi connectivity index (χ4n) is 2.80. The molecule has 0 atom stereocenters. The van der Waals surface area contributed by atoms with Crippen molar-refractivity contribution in [3.63, 3.8) is 0 Å². The topological polar surface area (TPSA) is 75.6 Å². The van der Waals surface area contributed by atoms with Crippen molar-refractivity contribution in [2.75, 3.05) is 10.6 Å². The van der Waals surface area contributed by atoms with Crippen LogP contribution in [0.4, 0.5) is 48.3 Å². The van der Waals surface area contributed by atoms with Gasteiger partial charge in [-0.25, -0.2) is 22.5 Å². The Morgan fingerprint density at radius 3 is 2.16 bits per heavy atom. The van der Waals surface area contributed by atoms with Crippen molar-refractivity contribution < 1.29 is 30.7 Å². The van der Waals surface area contributed by atoms with Crippen LogP contribution in [0.5, 0.6) is 0 Å². The third-order valence-corrected chi connectivity index (χ3v) is 5.00. The zero-order chi connectivity index (χ0) is 22.4. The summed E-state index contributed by atoms with van der Waals surface area (Å²) in [5, 5.41) is 5.75. The first-order valence-electron chi connectivity index (χ1n) is 8.63. The molecule has 0 radical (unpaired) electrons. The van der Waals surface area contributed by atoms with Crippen molar-refractivity contribution in [1.82, 2.24) is 19.9 Å². The largest absolute Gasteiger partial charge is 0.434 e. The molecule has 1 fully saturated rings. The highest BCUT2D eigenvalue weighted by atomic mass is 32.1. The Labute approximate surface area is 173 Å². The molecule has 0 bridgehead atoms. The Kier molecular flexibility index (Phi) is 5.19. The smallest absolute Gasteiger partial charge is 0.351 e. The molecule has 31 heavy (non-hydrogen) atoms. The standard InChI is InChI=1S/C17H11F7N6S/c18-7-1-8(19)3-9(2-7)25-14-28-12(13-27-11(6-31-13)17(22,23)24)29-15(30-14)26-10-4-16(20,21)5-10/h1-3,6,10H,4-5H2,(H2,25,26,28,29,30). The van der Waals surface area contributed by atoms with Gasteiger partial charge in [-0.05, 0) is 12.1 Å². The van der Waals surface area contributed by atoms with Crippen LogP contribution in [0.25, 0.3) is 10.8 Å². The van der Waals surface area contributed by atoms with Gasteiger partial charge in [0.1, 0.15) is 11.6 Å². The van der Waals surface area contributed by atoms with E-state index in [1.807, 2.05) is 0 Å². The molecule has 164 valence electrons. The van der Waals surface area contributed by atoms with E-state index in [0.29, 0.717) is 17.4 Å². The van der Waals surface area contributed by atoms with E-state index < -0.39 is 48.3 Å². The first kappa shape index (κ1) is 21.2. The van der Waals surface area contributed by atoms with Gasteiger partial charge in [0.15, 0.2) is 16.5 Å². The number of hydrogen-bond acceptors (Lipinski definition) is 7. The minimum absolute atomic E-state index is 0.0779. The molecule has 0 saturated heterocycles. The molecule has 4 rings (SSSR count). The van der Waals surface area contributed by atoms with E-state index in [4.69, 9.17) is 0 Å². The van der Waals surface area contributed by atoms with E-state index in [1.54, 1.807) is 0 Å². The van der Waals surface area contributed by atoms with Crippen LogP contribution in [0.15, 0.2) is 23.6 Å². The number of halogens is 7. The van der Waals surface area contributed by atoms with Crippen LogP contribution in [0.3, 0.4) is 0 Å². The fourth-order valence-corrected chi connectivity index (χ4v) is 3.56. The number of thiazole rings is 1. The average Bonchev–Trinajstić information content (AvgIpc) is 3.09. The van der Waals surface area contributed by atoms with Crippen LogP contribution < -0.4 is 10.6 Å². The molecule has 0 aliphatic heterocycles. The maximum Gasteiger partial charge on any atom is 0.434 e. The summed E-state index contributed by atoms with van der Waals surface area (Å²) in [6.07, 6.45) is -5.62. The Morgan fingerprint density at radius 1 is 0.935 bits per heavy atom. The normalized spacial score (nSPS) is 16.1. The minimum atomic E-state index is -4.68. The molecule has 2 heterocycles. The third-order valence-electron chi connectivity index (χ3n) is 4.16. The summed E-state index contributed by atoms with van der Waals surface area (Å²) < 4.78 is 91.7. The van der Waals surface area contributed by atoms with Crippen molar-refractivity contribution in [2.24, 2.45) is 0 Å². The van der Waals surface area contributed by atoms with Gasteiger partial charge >= 0.3 is 6.18 Å². The molecule has 1 aliphatic rings. The maximum atomic E-state index is 13.4. The SMILES string of the molecule is Fc1cc(F)cc(Nc2nc(NC3CC(F)(F)C3)nc(-c3nc(C(F)(F)F)cs3)n2)c1. The van der Waals surface area contributed by atoms with E-state index >= 15 is 0 Å². The van der Waals surface area contributed by atoms with Gasteiger partial charge in [-0.3, -0.25) is 0 Å². The summed E-state index contributed by atoms with van der Waals surface area (Å²) in [7, 11) is 0. The lowest BCUT2D eigenvalue weighted by molar-refractivity contribution is -0.140. The molecule has 2 N–H and O–H groups in total. The molecule has 0 unspecified atom stereocenters.